The van der Waals surface area contributed by atoms with Crippen molar-refractivity contribution in [2.24, 2.45) is 5.41 Å². The quantitative estimate of drug-likeness (QED) is 0.649. The third-order valence-electron chi connectivity index (χ3n) is 3.17. The molecular formula is C12H25N. The van der Waals surface area contributed by atoms with Crippen molar-refractivity contribution in [3.63, 3.8) is 0 Å². The minimum atomic E-state index is 0.429. The summed E-state index contributed by atoms with van der Waals surface area (Å²) >= 11 is 0. The zero-order valence-corrected chi connectivity index (χ0v) is 9.98. The summed E-state index contributed by atoms with van der Waals surface area (Å²) in [5.74, 6) is 0. The van der Waals surface area contributed by atoms with Gasteiger partial charge in [0.1, 0.15) is 0 Å². The van der Waals surface area contributed by atoms with Gasteiger partial charge in [-0.05, 0) is 38.6 Å². The van der Waals surface area contributed by atoms with E-state index in [0.29, 0.717) is 11.0 Å². The summed E-state index contributed by atoms with van der Waals surface area (Å²) in [6.07, 6.45) is 4.00. The summed E-state index contributed by atoms with van der Waals surface area (Å²) in [5, 5.41) is 0. The van der Waals surface area contributed by atoms with Crippen molar-refractivity contribution in [1.29, 1.82) is 0 Å². The average molecular weight is 183 g/mol. The molecule has 78 valence electrons. The standard InChI is InChI=1S/C12H25N/c1-6-7-8-13-10-11(2,3)9-12(13,4)5/h6-10H2,1-5H3. The van der Waals surface area contributed by atoms with Crippen LogP contribution in [0.5, 0.6) is 0 Å². The molecule has 0 N–H and O–H groups in total. The Morgan fingerprint density at radius 3 is 2.15 bits per heavy atom. The number of likely N-dealkylation sites (tertiary alicyclic amines) is 1. The Bertz CT molecular complexity index is 170. The Hall–Kier alpha value is -0.0400. The maximum Gasteiger partial charge on any atom is 0.0159 e. The van der Waals surface area contributed by atoms with Crippen LogP contribution in [0.2, 0.25) is 0 Å². The molecule has 0 aromatic heterocycles. The van der Waals surface area contributed by atoms with Gasteiger partial charge in [-0.25, -0.2) is 0 Å². The molecule has 0 radical (unpaired) electrons. The van der Waals surface area contributed by atoms with Crippen molar-refractivity contribution >= 4 is 0 Å². The number of nitrogens with zero attached hydrogens (tertiary/aromatic N) is 1. The second kappa shape index (κ2) is 3.61. The van der Waals surface area contributed by atoms with Crippen LogP contribution in [0.15, 0.2) is 0 Å². The van der Waals surface area contributed by atoms with Crippen LogP contribution < -0.4 is 0 Å². The predicted molar refractivity (Wildman–Crippen MR) is 59.0 cm³/mol. The Morgan fingerprint density at radius 2 is 1.77 bits per heavy atom. The van der Waals surface area contributed by atoms with Crippen LogP contribution in [0.25, 0.3) is 0 Å². The number of hydrogen-bond acceptors (Lipinski definition) is 1. The van der Waals surface area contributed by atoms with Crippen LogP contribution in [0.4, 0.5) is 0 Å². The van der Waals surface area contributed by atoms with E-state index >= 15 is 0 Å². The number of unbranched alkanes of at least 4 members (excludes halogenated alkanes) is 1. The Morgan fingerprint density at radius 1 is 1.15 bits per heavy atom. The highest BCUT2D eigenvalue weighted by Gasteiger charge is 2.41. The molecule has 1 fully saturated rings. The van der Waals surface area contributed by atoms with Gasteiger partial charge in [-0.2, -0.15) is 0 Å². The molecule has 0 bridgehead atoms. The molecule has 1 heteroatoms. The second-order valence-electron chi connectivity index (χ2n) is 5.93. The van der Waals surface area contributed by atoms with Gasteiger partial charge in [0.15, 0.2) is 0 Å². The third-order valence-corrected chi connectivity index (χ3v) is 3.17. The van der Waals surface area contributed by atoms with E-state index in [2.05, 4.69) is 39.5 Å². The highest BCUT2D eigenvalue weighted by atomic mass is 15.2. The highest BCUT2D eigenvalue weighted by molar-refractivity contribution is 4.96. The zero-order valence-electron chi connectivity index (χ0n) is 9.98. The third kappa shape index (κ3) is 2.70. The minimum Gasteiger partial charge on any atom is -0.298 e. The topological polar surface area (TPSA) is 3.24 Å². The lowest BCUT2D eigenvalue weighted by atomic mass is 9.86. The van der Waals surface area contributed by atoms with Gasteiger partial charge in [-0.15, -0.1) is 0 Å². The fraction of sp³-hybridized carbons (Fsp3) is 1.00. The van der Waals surface area contributed by atoms with E-state index in [1.54, 1.807) is 0 Å². The lowest BCUT2D eigenvalue weighted by Gasteiger charge is -2.31. The van der Waals surface area contributed by atoms with Gasteiger partial charge < -0.3 is 0 Å². The molecule has 0 saturated carbocycles. The average Bonchev–Trinajstić information content (AvgIpc) is 2.14. The normalized spacial score (nSPS) is 26.5. The molecule has 0 aromatic carbocycles. The lowest BCUT2D eigenvalue weighted by molar-refractivity contribution is 0.171. The molecule has 1 saturated heterocycles. The van der Waals surface area contributed by atoms with Gasteiger partial charge in [0.2, 0.25) is 0 Å². The molecular weight excluding hydrogens is 158 g/mol. The Labute approximate surface area is 83.5 Å². The minimum absolute atomic E-state index is 0.429. The molecule has 1 aliphatic heterocycles. The number of hydrogen-bond donors (Lipinski definition) is 0. The molecule has 0 aliphatic carbocycles. The van der Waals surface area contributed by atoms with Gasteiger partial charge >= 0.3 is 0 Å². The van der Waals surface area contributed by atoms with E-state index in [9.17, 15) is 0 Å². The maximum atomic E-state index is 2.66. The maximum absolute atomic E-state index is 2.66. The summed E-state index contributed by atoms with van der Waals surface area (Å²) in [5.41, 5.74) is 0.954. The van der Waals surface area contributed by atoms with Crippen LogP contribution in [0.3, 0.4) is 0 Å². The van der Waals surface area contributed by atoms with Gasteiger partial charge in [0.05, 0.1) is 0 Å². The van der Waals surface area contributed by atoms with Crippen molar-refractivity contribution < 1.29 is 0 Å². The van der Waals surface area contributed by atoms with Crippen LogP contribution in [-0.4, -0.2) is 23.5 Å². The predicted octanol–water partition coefficient (Wildman–Crippen LogP) is 3.30. The molecule has 13 heavy (non-hydrogen) atoms. The highest BCUT2D eigenvalue weighted by Crippen LogP contribution is 2.40. The molecule has 0 aromatic rings. The Balaban J connectivity index is 2.54. The van der Waals surface area contributed by atoms with E-state index < -0.39 is 0 Å². The first-order chi connectivity index (χ1) is 5.87. The fourth-order valence-corrected chi connectivity index (χ4v) is 2.80. The smallest absolute Gasteiger partial charge is 0.0159 e. The molecule has 0 amide bonds. The summed E-state index contributed by atoms with van der Waals surface area (Å²) in [6.45, 7) is 14.4. The van der Waals surface area contributed by atoms with Gasteiger partial charge in [-0.1, -0.05) is 27.2 Å². The van der Waals surface area contributed by atoms with Crippen LogP contribution >= 0.6 is 0 Å². The summed E-state index contributed by atoms with van der Waals surface area (Å²) in [7, 11) is 0. The molecule has 1 rings (SSSR count). The van der Waals surface area contributed by atoms with Crippen molar-refractivity contribution in [2.45, 2.75) is 59.4 Å². The Kier molecular flexibility index (Phi) is 3.06. The van der Waals surface area contributed by atoms with Gasteiger partial charge in [-0.3, -0.25) is 4.90 Å². The van der Waals surface area contributed by atoms with E-state index in [-0.39, 0.29) is 0 Å². The van der Waals surface area contributed by atoms with E-state index in [0.717, 1.165) is 0 Å². The first-order valence-corrected chi connectivity index (χ1v) is 5.62. The molecule has 1 aliphatic rings. The molecule has 0 spiro atoms. The monoisotopic (exact) mass is 183 g/mol. The largest absolute Gasteiger partial charge is 0.298 e. The van der Waals surface area contributed by atoms with Crippen LogP contribution in [0, 0.1) is 5.41 Å². The lowest BCUT2D eigenvalue weighted by Crippen LogP contribution is -2.38. The summed E-state index contributed by atoms with van der Waals surface area (Å²) in [4.78, 5) is 2.66. The van der Waals surface area contributed by atoms with Crippen LogP contribution in [-0.2, 0) is 0 Å². The van der Waals surface area contributed by atoms with E-state index in [1.165, 1.54) is 32.4 Å². The van der Waals surface area contributed by atoms with Gasteiger partial charge in [0, 0.05) is 12.1 Å². The number of rotatable bonds is 3. The van der Waals surface area contributed by atoms with Crippen molar-refractivity contribution in [3.05, 3.63) is 0 Å². The second-order valence-corrected chi connectivity index (χ2v) is 5.93. The molecule has 1 nitrogen and oxygen atoms in total. The summed E-state index contributed by atoms with van der Waals surface area (Å²) < 4.78 is 0. The van der Waals surface area contributed by atoms with E-state index in [4.69, 9.17) is 0 Å². The molecule has 0 unspecified atom stereocenters. The fourth-order valence-electron chi connectivity index (χ4n) is 2.80. The first kappa shape index (κ1) is 11.0. The van der Waals surface area contributed by atoms with Crippen molar-refractivity contribution in [1.82, 2.24) is 4.90 Å². The SMILES string of the molecule is CCCCN1CC(C)(C)CC1(C)C. The van der Waals surface area contributed by atoms with E-state index in [1.807, 2.05) is 0 Å². The molecule has 1 heterocycles. The summed E-state index contributed by atoms with van der Waals surface area (Å²) in [6, 6.07) is 0. The molecule has 0 atom stereocenters. The first-order valence-electron chi connectivity index (χ1n) is 5.62. The van der Waals surface area contributed by atoms with Crippen molar-refractivity contribution in [2.75, 3.05) is 13.1 Å². The van der Waals surface area contributed by atoms with Crippen LogP contribution in [0.1, 0.15) is 53.9 Å². The van der Waals surface area contributed by atoms with Gasteiger partial charge in [0.25, 0.3) is 0 Å². The zero-order chi connectivity index (χ0) is 10.1. The van der Waals surface area contributed by atoms with Crippen molar-refractivity contribution in [3.8, 4) is 0 Å².